The highest BCUT2D eigenvalue weighted by molar-refractivity contribution is 5.59. The van der Waals surface area contributed by atoms with Gasteiger partial charge in [-0.2, -0.15) is 0 Å². The second kappa shape index (κ2) is 4.44. The molecule has 0 spiro atoms. The highest BCUT2D eigenvalue weighted by Crippen LogP contribution is 2.19. The first-order valence-corrected chi connectivity index (χ1v) is 5.58. The Bertz CT molecular complexity index is 475. The van der Waals surface area contributed by atoms with Crippen LogP contribution in [-0.2, 0) is 0 Å². The summed E-state index contributed by atoms with van der Waals surface area (Å²) in [4.78, 5) is 9.04. The van der Waals surface area contributed by atoms with Gasteiger partial charge in [-0.25, -0.2) is 9.97 Å². The van der Waals surface area contributed by atoms with Gasteiger partial charge in [-0.1, -0.05) is 44.2 Å². The molecule has 2 heteroatoms. The van der Waals surface area contributed by atoms with E-state index >= 15 is 0 Å². The summed E-state index contributed by atoms with van der Waals surface area (Å²) >= 11 is 0. The molecule has 0 amide bonds. The quantitative estimate of drug-likeness (QED) is 0.760. The lowest BCUT2D eigenvalue weighted by Crippen LogP contribution is -2.00. The van der Waals surface area contributed by atoms with E-state index in [1.54, 1.807) is 0 Å². The van der Waals surface area contributed by atoms with E-state index in [1.165, 1.54) is 0 Å². The van der Waals surface area contributed by atoms with E-state index in [2.05, 4.69) is 35.9 Å². The lowest BCUT2D eigenvalue weighted by atomic mass is 10.1. The molecule has 0 saturated carbocycles. The zero-order chi connectivity index (χ0) is 11.5. The Morgan fingerprint density at radius 3 is 2.31 bits per heavy atom. The Balaban J connectivity index is 2.50. The number of hydrogen-bond acceptors (Lipinski definition) is 2. The van der Waals surface area contributed by atoms with Gasteiger partial charge in [-0.05, 0) is 13.0 Å². The van der Waals surface area contributed by atoms with Crippen LogP contribution in [0.1, 0.15) is 31.3 Å². The molecule has 0 aliphatic rings. The van der Waals surface area contributed by atoms with Crippen LogP contribution in [0, 0.1) is 6.92 Å². The van der Waals surface area contributed by atoms with E-state index in [0.29, 0.717) is 5.92 Å². The first-order chi connectivity index (χ1) is 7.66. The summed E-state index contributed by atoms with van der Waals surface area (Å²) in [5.74, 6) is 1.28. The Kier molecular flexibility index (Phi) is 3.00. The molecule has 16 heavy (non-hydrogen) atoms. The lowest BCUT2D eigenvalue weighted by molar-refractivity contribution is 0.768. The number of benzene rings is 1. The van der Waals surface area contributed by atoms with Gasteiger partial charge in [0.25, 0.3) is 0 Å². The predicted molar refractivity (Wildman–Crippen MR) is 66.3 cm³/mol. The van der Waals surface area contributed by atoms with Gasteiger partial charge in [0.2, 0.25) is 0 Å². The summed E-state index contributed by atoms with van der Waals surface area (Å²) in [5, 5.41) is 0. The Hall–Kier alpha value is -1.70. The summed E-state index contributed by atoms with van der Waals surface area (Å²) in [6.45, 7) is 6.24. The lowest BCUT2D eigenvalue weighted by Gasteiger charge is -2.08. The van der Waals surface area contributed by atoms with E-state index in [-0.39, 0.29) is 0 Å². The number of rotatable bonds is 2. The van der Waals surface area contributed by atoms with E-state index in [0.717, 1.165) is 22.8 Å². The van der Waals surface area contributed by atoms with Gasteiger partial charge in [0.1, 0.15) is 5.82 Å². The molecular formula is C14H16N2. The summed E-state index contributed by atoms with van der Waals surface area (Å²) in [7, 11) is 0. The van der Waals surface area contributed by atoms with Gasteiger partial charge in [-0.15, -0.1) is 0 Å². The third kappa shape index (κ3) is 2.27. The van der Waals surface area contributed by atoms with Crippen molar-refractivity contribution >= 4 is 0 Å². The van der Waals surface area contributed by atoms with E-state index in [9.17, 15) is 0 Å². The summed E-state index contributed by atoms with van der Waals surface area (Å²) in [5.41, 5.74) is 3.18. The second-order valence-electron chi connectivity index (χ2n) is 4.27. The molecule has 0 radical (unpaired) electrons. The normalized spacial score (nSPS) is 10.8. The van der Waals surface area contributed by atoms with Crippen molar-refractivity contribution < 1.29 is 0 Å². The van der Waals surface area contributed by atoms with Crippen LogP contribution in [0.4, 0.5) is 0 Å². The predicted octanol–water partition coefficient (Wildman–Crippen LogP) is 3.58. The molecule has 0 aliphatic carbocycles. The Labute approximate surface area is 96.4 Å². The van der Waals surface area contributed by atoms with Crippen molar-refractivity contribution in [2.24, 2.45) is 0 Å². The largest absolute Gasteiger partial charge is 0.238 e. The second-order valence-corrected chi connectivity index (χ2v) is 4.27. The molecule has 1 aromatic heterocycles. The maximum atomic E-state index is 4.59. The maximum absolute atomic E-state index is 4.59. The fourth-order valence-electron chi connectivity index (χ4n) is 1.61. The highest BCUT2D eigenvalue weighted by atomic mass is 14.9. The molecule has 2 aromatic rings. The van der Waals surface area contributed by atoms with Gasteiger partial charge in [0, 0.05) is 17.2 Å². The van der Waals surface area contributed by atoms with Crippen molar-refractivity contribution in [1.29, 1.82) is 0 Å². The molecule has 1 heterocycles. The Morgan fingerprint density at radius 2 is 1.69 bits per heavy atom. The number of nitrogens with zero attached hydrogens (tertiary/aromatic N) is 2. The third-order valence-corrected chi connectivity index (χ3v) is 2.46. The van der Waals surface area contributed by atoms with Crippen molar-refractivity contribution in [2.45, 2.75) is 26.7 Å². The topological polar surface area (TPSA) is 25.8 Å². The van der Waals surface area contributed by atoms with Crippen LogP contribution in [-0.4, -0.2) is 9.97 Å². The number of hydrogen-bond donors (Lipinski definition) is 0. The molecule has 0 unspecified atom stereocenters. The monoisotopic (exact) mass is 212 g/mol. The fraction of sp³-hybridized carbons (Fsp3) is 0.286. The van der Waals surface area contributed by atoms with Crippen molar-refractivity contribution in [1.82, 2.24) is 9.97 Å². The average molecular weight is 212 g/mol. The van der Waals surface area contributed by atoms with Crippen LogP contribution in [0.3, 0.4) is 0 Å². The molecule has 82 valence electrons. The van der Waals surface area contributed by atoms with Crippen molar-refractivity contribution in [3.8, 4) is 11.3 Å². The zero-order valence-electron chi connectivity index (χ0n) is 9.94. The molecule has 0 saturated heterocycles. The highest BCUT2D eigenvalue weighted by Gasteiger charge is 2.07. The average Bonchev–Trinajstić information content (AvgIpc) is 2.29. The molecule has 2 rings (SSSR count). The summed E-state index contributed by atoms with van der Waals surface area (Å²) in [6.07, 6.45) is 0. The van der Waals surface area contributed by atoms with Gasteiger partial charge in [0.15, 0.2) is 0 Å². The summed E-state index contributed by atoms with van der Waals surface area (Å²) < 4.78 is 0. The van der Waals surface area contributed by atoms with Crippen molar-refractivity contribution in [3.63, 3.8) is 0 Å². The minimum absolute atomic E-state index is 0.363. The minimum Gasteiger partial charge on any atom is -0.238 e. The molecule has 0 bridgehead atoms. The van der Waals surface area contributed by atoms with Crippen LogP contribution in [0.5, 0.6) is 0 Å². The zero-order valence-corrected chi connectivity index (χ0v) is 9.94. The van der Waals surface area contributed by atoms with Gasteiger partial charge >= 0.3 is 0 Å². The molecular weight excluding hydrogens is 196 g/mol. The van der Waals surface area contributed by atoms with E-state index < -0.39 is 0 Å². The van der Waals surface area contributed by atoms with Gasteiger partial charge < -0.3 is 0 Å². The fourth-order valence-corrected chi connectivity index (χ4v) is 1.61. The first kappa shape index (κ1) is 10.8. The van der Waals surface area contributed by atoms with Crippen molar-refractivity contribution in [3.05, 3.63) is 47.9 Å². The SMILES string of the molecule is Cc1cc(-c2ccccc2)nc(C(C)C)n1. The molecule has 1 aromatic carbocycles. The van der Waals surface area contributed by atoms with Crippen LogP contribution in [0.25, 0.3) is 11.3 Å². The summed E-state index contributed by atoms with van der Waals surface area (Å²) in [6, 6.07) is 12.3. The Morgan fingerprint density at radius 1 is 1.00 bits per heavy atom. The van der Waals surface area contributed by atoms with Gasteiger partial charge in [0.05, 0.1) is 5.69 Å². The standard InChI is InChI=1S/C14H16N2/c1-10(2)14-15-11(3)9-13(16-14)12-7-5-4-6-8-12/h4-10H,1-3H3. The first-order valence-electron chi connectivity index (χ1n) is 5.58. The molecule has 0 atom stereocenters. The molecule has 2 nitrogen and oxygen atoms in total. The maximum Gasteiger partial charge on any atom is 0.131 e. The van der Waals surface area contributed by atoms with E-state index in [4.69, 9.17) is 0 Å². The smallest absolute Gasteiger partial charge is 0.131 e. The van der Waals surface area contributed by atoms with Crippen LogP contribution in [0.2, 0.25) is 0 Å². The minimum atomic E-state index is 0.363. The van der Waals surface area contributed by atoms with Crippen LogP contribution < -0.4 is 0 Å². The van der Waals surface area contributed by atoms with Crippen LogP contribution in [0.15, 0.2) is 36.4 Å². The molecule has 0 N–H and O–H groups in total. The van der Waals surface area contributed by atoms with Gasteiger partial charge in [-0.3, -0.25) is 0 Å². The molecule has 0 fully saturated rings. The van der Waals surface area contributed by atoms with E-state index in [1.807, 2.05) is 31.2 Å². The number of aryl methyl sites for hydroxylation is 1. The van der Waals surface area contributed by atoms with Crippen LogP contribution >= 0.6 is 0 Å². The molecule has 0 aliphatic heterocycles. The third-order valence-electron chi connectivity index (χ3n) is 2.46. The van der Waals surface area contributed by atoms with Crippen molar-refractivity contribution in [2.75, 3.05) is 0 Å². The number of aromatic nitrogens is 2.